The van der Waals surface area contributed by atoms with Gasteiger partial charge in [0.2, 0.25) is 5.91 Å². The molecule has 0 aliphatic heterocycles. The third-order valence-electron chi connectivity index (χ3n) is 1.54. The summed E-state index contributed by atoms with van der Waals surface area (Å²) in [5, 5.41) is 3.19. The second-order valence-electron chi connectivity index (χ2n) is 3.28. The van der Waals surface area contributed by atoms with Gasteiger partial charge in [-0.25, -0.2) is 4.98 Å². The van der Waals surface area contributed by atoms with Gasteiger partial charge in [0, 0.05) is 6.20 Å². The first-order valence-corrected chi connectivity index (χ1v) is 5.42. The van der Waals surface area contributed by atoms with E-state index in [0.29, 0.717) is 21.9 Å². The highest BCUT2D eigenvalue weighted by Crippen LogP contribution is 2.22. The Hall–Kier alpha value is -0.650. The minimum atomic E-state index is -0.107. The Kier molecular flexibility index (Phi) is 4.50. The van der Waals surface area contributed by atoms with Crippen LogP contribution < -0.4 is 5.32 Å². The van der Waals surface area contributed by atoms with Crippen LogP contribution in [0.25, 0.3) is 0 Å². The van der Waals surface area contributed by atoms with Gasteiger partial charge in [-0.15, -0.1) is 0 Å². The Bertz CT molecular complexity index is 370. The summed E-state index contributed by atoms with van der Waals surface area (Å²) in [6.07, 6.45) is 1.51. The number of carbonyl (C=O) groups is 1. The van der Waals surface area contributed by atoms with Crippen LogP contribution in [-0.2, 0) is 4.79 Å². The van der Waals surface area contributed by atoms with Gasteiger partial charge >= 0.3 is 0 Å². The summed E-state index contributed by atoms with van der Waals surface area (Å²) >= 11 is 8.99. The Labute approximate surface area is 102 Å². The molecule has 0 bridgehead atoms. The maximum Gasteiger partial charge on any atom is 0.238 e. The smallest absolute Gasteiger partial charge is 0.238 e. The molecule has 1 aromatic heterocycles. The molecule has 0 aliphatic rings. The molecular weight excluding hydrogens is 281 g/mol. The van der Waals surface area contributed by atoms with Crippen LogP contribution in [0.5, 0.6) is 0 Å². The molecule has 1 amide bonds. The van der Waals surface area contributed by atoms with Crippen molar-refractivity contribution in [3.63, 3.8) is 0 Å². The molecule has 0 saturated heterocycles. The van der Waals surface area contributed by atoms with Crippen molar-refractivity contribution in [1.82, 2.24) is 9.88 Å². The van der Waals surface area contributed by atoms with Gasteiger partial charge in [-0.05, 0) is 36.1 Å². The predicted molar refractivity (Wildman–Crippen MR) is 64.1 cm³/mol. The van der Waals surface area contributed by atoms with Crippen molar-refractivity contribution in [2.45, 2.75) is 0 Å². The number of hydrogen-bond donors (Lipinski definition) is 1. The number of nitrogens with one attached hydrogen (secondary N) is 1. The second kappa shape index (κ2) is 5.44. The van der Waals surface area contributed by atoms with Gasteiger partial charge in [0.25, 0.3) is 0 Å². The highest BCUT2D eigenvalue weighted by Gasteiger charge is 2.07. The molecule has 0 unspecified atom stereocenters. The van der Waals surface area contributed by atoms with Gasteiger partial charge < -0.3 is 10.2 Å². The van der Waals surface area contributed by atoms with Gasteiger partial charge in [0.15, 0.2) is 0 Å². The maximum absolute atomic E-state index is 11.4. The molecule has 0 aliphatic carbocycles. The van der Waals surface area contributed by atoms with Crippen molar-refractivity contribution in [3.05, 3.63) is 21.9 Å². The fraction of sp³-hybridized carbons (Fsp3) is 0.333. The van der Waals surface area contributed by atoms with E-state index in [-0.39, 0.29) is 5.91 Å². The quantitative estimate of drug-likeness (QED) is 0.867. The Morgan fingerprint density at radius 3 is 2.93 bits per heavy atom. The summed E-state index contributed by atoms with van der Waals surface area (Å²) in [6.45, 7) is 0.318. The fourth-order valence-electron chi connectivity index (χ4n) is 0.987. The number of halogens is 2. The lowest BCUT2D eigenvalue weighted by Gasteiger charge is -2.10. The molecule has 0 aromatic carbocycles. The van der Waals surface area contributed by atoms with Crippen LogP contribution in [0.15, 0.2) is 16.9 Å². The molecule has 1 rings (SSSR count). The summed E-state index contributed by atoms with van der Waals surface area (Å²) in [5.74, 6) is -0.107. The minimum absolute atomic E-state index is 0.107. The monoisotopic (exact) mass is 291 g/mol. The third kappa shape index (κ3) is 4.15. The number of likely N-dealkylation sites (N-methyl/N-ethyl adjacent to an activating group) is 1. The lowest BCUT2D eigenvalue weighted by molar-refractivity contribution is -0.116. The Morgan fingerprint density at radius 1 is 1.67 bits per heavy atom. The summed E-state index contributed by atoms with van der Waals surface area (Å²) in [5.41, 5.74) is 0.578. The van der Waals surface area contributed by atoms with E-state index in [4.69, 9.17) is 11.6 Å². The summed E-state index contributed by atoms with van der Waals surface area (Å²) in [6, 6.07) is 1.65. The molecule has 0 saturated carbocycles. The molecule has 0 fully saturated rings. The van der Waals surface area contributed by atoms with Crippen LogP contribution in [0, 0.1) is 0 Å². The Balaban J connectivity index is 2.71. The first kappa shape index (κ1) is 12.4. The van der Waals surface area contributed by atoms with Crippen molar-refractivity contribution < 1.29 is 4.79 Å². The number of rotatable bonds is 3. The standard InChI is InChI=1S/C9H11BrClN3O/c1-14(2)5-8(15)13-7-3-6(11)4-12-9(7)10/h3-4H,5H2,1-2H3,(H,13,15). The molecule has 6 heteroatoms. The van der Waals surface area contributed by atoms with E-state index in [1.54, 1.807) is 11.0 Å². The number of nitrogens with zero attached hydrogens (tertiary/aromatic N) is 2. The SMILES string of the molecule is CN(C)CC(=O)Nc1cc(Cl)cnc1Br. The summed E-state index contributed by atoms with van der Waals surface area (Å²) < 4.78 is 0.569. The predicted octanol–water partition coefficient (Wildman–Crippen LogP) is 2.00. The van der Waals surface area contributed by atoms with Gasteiger partial charge in [-0.3, -0.25) is 4.79 Å². The zero-order chi connectivity index (χ0) is 11.4. The summed E-state index contributed by atoms with van der Waals surface area (Å²) in [7, 11) is 3.65. The third-order valence-corrected chi connectivity index (χ3v) is 2.38. The van der Waals surface area contributed by atoms with Crippen molar-refractivity contribution in [3.8, 4) is 0 Å². The highest BCUT2D eigenvalue weighted by atomic mass is 79.9. The number of amides is 1. The van der Waals surface area contributed by atoms with E-state index >= 15 is 0 Å². The summed E-state index contributed by atoms with van der Waals surface area (Å²) in [4.78, 5) is 17.2. The van der Waals surface area contributed by atoms with Gasteiger partial charge in [-0.2, -0.15) is 0 Å². The van der Waals surface area contributed by atoms with E-state index in [2.05, 4.69) is 26.2 Å². The number of aromatic nitrogens is 1. The lowest BCUT2D eigenvalue weighted by Crippen LogP contribution is -2.27. The van der Waals surface area contributed by atoms with Crippen molar-refractivity contribution >= 4 is 39.1 Å². The average molecular weight is 293 g/mol. The van der Waals surface area contributed by atoms with E-state index in [1.165, 1.54) is 6.20 Å². The van der Waals surface area contributed by atoms with Crippen molar-refractivity contribution in [1.29, 1.82) is 0 Å². The maximum atomic E-state index is 11.4. The molecule has 1 heterocycles. The van der Waals surface area contributed by atoms with E-state index in [9.17, 15) is 4.79 Å². The van der Waals surface area contributed by atoms with E-state index < -0.39 is 0 Å². The number of carbonyl (C=O) groups excluding carboxylic acids is 1. The van der Waals surface area contributed by atoms with Gasteiger partial charge in [-0.1, -0.05) is 11.6 Å². The molecule has 15 heavy (non-hydrogen) atoms. The van der Waals surface area contributed by atoms with Crippen LogP contribution in [0.4, 0.5) is 5.69 Å². The first-order chi connectivity index (χ1) is 6.99. The van der Waals surface area contributed by atoms with Crippen molar-refractivity contribution in [2.75, 3.05) is 26.0 Å². The van der Waals surface area contributed by atoms with Crippen LogP contribution in [0.1, 0.15) is 0 Å². The molecule has 4 nitrogen and oxygen atoms in total. The molecule has 0 radical (unpaired) electrons. The fourth-order valence-corrected chi connectivity index (χ4v) is 1.46. The zero-order valence-electron chi connectivity index (χ0n) is 8.42. The number of anilines is 1. The van der Waals surface area contributed by atoms with E-state index in [0.717, 1.165) is 0 Å². The number of hydrogen-bond acceptors (Lipinski definition) is 3. The highest BCUT2D eigenvalue weighted by molar-refractivity contribution is 9.10. The normalized spacial score (nSPS) is 10.5. The largest absolute Gasteiger partial charge is 0.323 e. The number of pyridine rings is 1. The van der Waals surface area contributed by atoms with Crippen LogP contribution in [-0.4, -0.2) is 36.4 Å². The molecular formula is C9H11BrClN3O. The first-order valence-electron chi connectivity index (χ1n) is 4.24. The van der Waals surface area contributed by atoms with Gasteiger partial charge in [0.1, 0.15) is 4.60 Å². The zero-order valence-corrected chi connectivity index (χ0v) is 10.8. The molecule has 0 spiro atoms. The van der Waals surface area contributed by atoms with Crippen LogP contribution in [0.3, 0.4) is 0 Å². The van der Waals surface area contributed by atoms with E-state index in [1.807, 2.05) is 14.1 Å². The molecule has 82 valence electrons. The molecule has 1 aromatic rings. The Morgan fingerprint density at radius 2 is 2.33 bits per heavy atom. The lowest BCUT2D eigenvalue weighted by atomic mass is 10.4. The van der Waals surface area contributed by atoms with Crippen LogP contribution in [0.2, 0.25) is 5.02 Å². The van der Waals surface area contributed by atoms with Crippen LogP contribution >= 0.6 is 27.5 Å². The van der Waals surface area contributed by atoms with Gasteiger partial charge in [0.05, 0.1) is 17.3 Å². The van der Waals surface area contributed by atoms with Crippen molar-refractivity contribution in [2.24, 2.45) is 0 Å². The minimum Gasteiger partial charge on any atom is -0.323 e. The molecule has 0 atom stereocenters. The average Bonchev–Trinajstić information content (AvgIpc) is 2.10. The topological polar surface area (TPSA) is 45.2 Å². The molecule has 1 N–H and O–H groups in total. The second-order valence-corrected chi connectivity index (χ2v) is 4.47.